The van der Waals surface area contributed by atoms with Crippen LogP contribution in [0, 0.1) is 5.41 Å². The Labute approximate surface area is 120 Å². The number of aromatic nitrogens is 2. The number of ketones is 1. The molecule has 2 rings (SSSR count). The third kappa shape index (κ3) is 2.48. The molecule has 0 amide bonds. The lowest BCUT2D eigenvalue weighted by Gasteiger charge is -2.24. The summed E-state index contributed by atoms with van der Waals surface area (Å²) in [6.07, 6.45) is 1.11. The lowest BCUT2D eigenvalue weighted by molar-refractivity contribution is -0.127. The predicted octanol–water partition coefficient (Wildman–Crippen LogP) is 2.54. The molecule has 0 fully saturated rings. The van der Waals surface area contributed by atoms with Crippen molar-refractivity contribution in [1.82, 2.24) is 9.55 Å². The highest BCUT2D eigenvalue weighted by atomic mass is 16.1. The summed E-state index contributed by atoms with van der Waals surface area (Å²) in [5, 5.41) is 0. The molecule has 0 saturated carbocycles. The van der Waals surface area contributed by atoms with Crippen molar-refractivity contribution in [1.29, 1.82) is 0 Å². The lowest BCUT2D eigenvalue weighted by Crippen LogP contribution is -2.36. The molecular formula is C16H23N3O. The highest BCUT2D eigenvalue weighted by molar-refractivity contribution is 5.87. The van der Waals surface area contributed by atoms with Crippen molar-refractivity contribution in [2.45, 2.75) is 40.2 Å². The van der Waals surface area contributed by atoms with Crippen LogP contribution in [0.2, 0.25) is 0 Å². The molecule has 1 atom stereocenters. The standard InChI is InChI=1S/C16H23N3O/c1-4-16(3,11-17)14(20)10-15-18-12-8-6-7-9-13(12)19(15)5-2/h6-9H,4-5,10-11,17H2,1-3H3. The monoisotopic (exact) mass is 273 g/mol. The number of carbonyl (C=O) groups is 1. The summed E-state index contributed by atoms with van der Waals surface area (Å²) in [4.78, 5) is 17.1. The van der Waals surface area contributed by atoms with Gasteiger partial charge in [-0.25, -0.2) is 4.98 Å². The smallest absolute Gasteiger partial charge is 0.147 e. The van der Waals surface area contributed by atoms with Crippen LogP contribution in [0.15, 0.2) is 24.3 Å². The van der Waals surface area contributed by atoms with Gasteiger partial charge in [0, 0.05) is 18.5 Å². The molecule has 2 N–H and O–H groups in total. The van der Waals surface area contributed by atoms with Gasteiger partial charge in [0.1, 0.15) is 11.6 Å². The van der Waals surface area contributed by atoms with Gasteiger partial charge >= 0.3 is 0 Å². The van der Waals surface area contributed by atoms with E-state index < -0.39 is 5.41 Å². The van der Waals surface area contributed by atoms with E-state index in [1.54, 1.807) is 0 Å². The van der Waals surface area contributed by atoms with E-state index >= 15 is 0 Å². The molecule has 108 valence electrons. The van der Waals surface area contributed by atoms with Crippen LogP contribution in [-0.4, -0.2) is 21.9 Å². The fourth-order valence-corrected chi connectivity index (χ4v) is 2.43. The summed E-state index contributed by atoms with van der Waals surface area (Å²) in [6.45, 7) is 7.22. The number of hydrogen-bond acceptors (Lipinski definition) is 3. The number of fused-ring (bicyclic) bond motifs is 1. The second-order valence-corrected chi connectivity index (χ2v) is 5.48. The van der Waals surface area contributed by atoms with E-state index in [2.05, 4.69) is 16.5 Å². The van der Waals surface area contributed by atoms with Crippen molar-refractivity contribution >= 4 is 16.8 Å². The fourth-order valence-electron chi connectivity index (χ4n) is 2.43. The molecule has 1 aromatic heterocycles. The van der Waals surface area contributed by atoms with Crippen molar-refractivity contribution in [3.8, 4) is 0 Å². The molecular weight excluding hydrogens is 250 g/mol. The number of nitrogens with two attached hydrogens (primary N) is 1. The quantitative estimate of drug-likeness (QED) is 0.879. The van der Waals surface area contributed by atoms with Crippen LogP contribution in [0.1, 0.15) is 33.0 Å². The zero-order valence-electron chi connectivity index (χ0n) is 12.5. The Hall–Kier alpha value is -1.68. The molecule has 0 aliphatic carbocycles. The zero-order valence-corrected chi connectivity index (χ0v) is 12.5. The predicted molar refractivity (Wildman–Crippen MR) is 81.6 cm³/mol. The van der Waals surface area contributed by atoms with E-state index in [9.17, 15) is 4.79 Å². The molecule has 1 aromatic carbocycles. The zero-order chi connectivity index (χ0) is 14.8. The number of benzene rings is 1. The molecule has 0 spiro atoms. The van der Waals surface area contributed by atoms with Gasteiger partial charge < -0.3 is 10.3 Å². The van der Waals surface area contributed by atoms with Gasteiger partial charge in [0.15, 0.2) is 0 Å². The second-order valence-electron chi connectivity index (χ2n) is 5.48. The molecule has 0 aliphatic rings. The summed E-state index contributed by atoms with van der Waals surface area (Å²) in [5.41, 5.74) is 7.36. The maximum atomic E-state index is 12.5. The van der Waals surface area contributed by atoms with E-state index in [0.717, 1.165) is 29.8 Å². The summed E-state index contributed by atoms with van der Waals surface area (Å²) >= 11 is 0. The topological polar surface area (TPSA) is 60.9 Å². The molecule has 4 nitrogen and oxygen atoms in total. The highest BCUT2D eigenvalue weighted by Gasteiger charge is 2.30. The van der Waals surface area contributed by atoms with E-state index in [0.29, 0.717) is 13.0 Å². The van der Waals surface area contributed by atoms with Crippen LogP contribution in [0.25, 0.3) is 11.0 Å². The number of nitrogens with zero attached hydrogens (tertiary/aromatic N) is 2. The van der Waals surface area contributed by atoms with Gasteiger partial charge in [-0.15, -0.1) is 0 Å². The first kappa shape index (κ1) is 14.7. The molecule has 20 heavy (non-hydrogen) atoms. The largest absolute Gasteiger partial charge is 0.329 e. The molecule has 2 aromatic rings. The van der Waals surface area contributed by atoms with Gasteiger partial charge in [0.05, 0.1) is 17.5 Å². The number of carbonyl (C=O) groups excluding carboxylic acids is 1. The van der Waals surface area contributed by atoms with E-state index in [1.807, 2.05) is 38.1 Å². The Bertz CT molecular complexity index is 611. The molecule has 1 unspecified atom stereocenters. The van der Waals surface area contributed by atoms with E-state index in [1.165, 1.54) is 0 Å². The first-order valence-corrected chi connectivity index (χ1v) is 7.23. The van der Waals surface area contributed by atoms with Crippen LogP contribution in [0.3, 0.4) is 0 Å². The SMILES string of the molecule is CCn1c(CC(=O)C(C)(CC)CN)nc2ccccc21. The van der Waals surface area contributed by atoms with Crippen molar-refractivity contribution < 1.29 is 4.79 Å². The van der Waals surface area contributed by atoms with Crippen molar-refractivity contribution in [3.05, 3.63) is 30.1 Å². The maximum Gasteiger partial charge on any atom is 0.147 e. The normalized spacial score (nSPS) is 14.4. The van der Waals surface area contributed by atoms with Gasteiger partial charge in [-0.2, -0.15) is 0 Å². The van der Waals surface area contributed by atoms with Gasteiger partial charge in [-0.3, -0.25) is 4.79 Å². The number of aryl methyl sites for hydroxylation is 1. The molecule has 4 heteroatoms. The summed E-state index contributed by atoms with van der Waals surface area (Å²) in [7, 11) is 0. The first-order valence-electron chi connectivity index (χ1n) is 7.23. The molecule has 0 radical (unpaired) electrons. The summed E-state index contributed by atoms with van der Waals surface area (Å²) in [6, 6.07) is 7.99. The minimum Gasteiger partial charge on any atom is -0.329 e. The minimum atomic E-state index is -0.448. The van der Waals surface area contributed by atoms with Crippen LogP contribution in [-0.2, 0) is 17.8 Å². The summed E-state index contributed by atoms with van der Waals surface area (Å²) < 4.78 is 2.11. The third-order valence-corrected chi connectivity index (χ3v) is 4.27. The van der Waals surface area contributed by atoms with Crippen LogP contribution in [0.4, 0.5) is 0 Å². The Morgan fingerprint density at radius 1 is 1.35 bits per heavy atom. The van der Waals surface area contributed by atoms with Crippen molar-refractivity contribution in [2.24, 2.45) is 11.1 Å². The van der Waals surface area contributed by atoms with E-state index in [4.69, 9.17) is 5.73 Å². The van der Waals surface area contributed by atoms with Crippen molar-refractivity contribution in [2.75, 3.05) is 6.54 Å². The van der Waals surface area contributed by atoms with Gasteiger partial charge in [-0.1, -0.05) is 26.0 Å². The number of Topliss-reactive ketones (excluding diaryl/α,β-unsaturated/α-hetero) is 1. The van der Waals surface area contributed by atoms with Crippen LogP contribution < -0.4 is 5.73 Å². The Morgan fingerprint density at radius 3 is 2.65 bits per heavy atom. The lowest BCUT2D eigenvalue weighted by atomic mass is 9.81. The number of imidazole rings is 1. The molecule has 0 bridgehead atoms. The minimum absolute atomic E-state index is 0.174. The Morgan fingerprint density at radius 2 is 2.05 bits per heavy atom. The third-order valence-electron chi connectivity index (χ3n) is 4.27. The van der Waals surface area contributed by atoms with Crippen LogP contribution in [0.5, 0.6) is 0 Å². The highest BCUT2D eigenvalue weighted by Crippen LogP contribution is 2.24. The number of rotatable bonds is 6. The van der Waals surface area contributed by atoms with Gasteiger partial charge in [0.25, 0.3) is 0 Å². The molecule has 1 heterocycles. The maximum absolute atomic E-state index is 12.5. The second kappa shape index (κ2) is 5.75. The Kier molecular flexibility index (Phi) is 4.23. The van der Waals surface area contributed by atoms with Crippen LogP contribution >= 0.6 is 0 Å². The number of para-hydroxylation sites is 2. The Balaban J connectivity index is 2.36. The summed E-state index contributed by atoms with van der Waals surface area (Å²) in [5.74, 6) is 1.01. The van der Waals surface area contributed by atoms with E-state index in [-0.39, 0.29) is 5.78 Å². The molecule has 0 saturated heterocycles. The fraction of sp³-hybridized carbons (Fsp3) is 0.500. The first-order chi connectivity index (χ1) is 9.55. The van der Waals surface area contributed by atoms with Gasteiger partial charge in [0.2, 0.25) is 0 Å². The number of hydrogen-bond donors (Lipinski definition) is 1. The average molecular weight is 273 g/mol. The van der Waals surface area contributed by atoms with Gasteiger partial charge in [-0.05, 0) is 25.5 Å². The average Bonchev–Trinajstić information content (AvgIpc) is 2.83. The molecule has 0 aliphatic heterocycles. The van der Waals surface area contributed by atoms with Crippen molar-refractivity contribution in [3.63, 3.8) is 0 Å².